The number of barbiturate groups is 1. The molecule has 1 fully saturated rings. The number of amides is 4. The minimum Gasteiger partial charge on any atom is -0.494 e. The highest BCUT2D eigenvalue weighted by atomic mass is 35.5. The van der Waals surface area contributed by atoms with Crippen molar-refractivity contribution in [3.63, 3.8) is 0 Å². The highest BCUT2D eigenvalue weighted by Crippen LogP contribution is 2.32. The summed E-state index contributed by atoms with van der Waals surface area (Å²) in [5, 5.41) is 2.83. The lowest BCUT2D eigenvalue weighted by Gasteiger charge is -2.26. The van der Waals surface area contributed by atoms with Gasteiger partial charge in [-0.25, -0.2) is 9.69 Å². The first-order chi connectivity index (χ1) is 18.9. The van der Waals surface area contributed by atoms with Gasteiger partial charge in [-0.05, 0) is 67.4 Å². The average molecular weight is 549 g/mol. The van der Waals surface area contributed by atoms with Crippen LogP contribution in [-0.4, -0.2) is 31.1 Å². The van der Waals surface area contributed by atoms with Crippen LogP contribution in [0.5, 0.6) is 17.2 Å². The van der Waals surface area contributed by atoms with Crippen LogP contribution in [0, 0.1) is 0 Å². The van der Waals surface area contributed by atoms with Crippen LogP contribution in [0.4, 0.5) is 10.5 Å². The highest BCUT2D eigenvalue weighted by molar-refractivity contribution is 6.39. The standard InChI is InChI=1S/C30H29ClN2O6/c1-3-5-16-38-23-13-11-22(12-14-23)33-29(35)24(28(34)32-30(33)36)17-20-10-15-26(27(18-20)37-4-2)39-19-21-8-6-7-9-25(21)31/h6-15,17-18H,3-5,16,19H2,1-2H3,(H,32,34,36)/b24-17-. The van der Waals surface area contributed by atoms with Crippen molar-refractivity contribution in [2.45, 2.75) is 33.3 Å². The molecule has 0 aromatic heterocycles. The minimum absolute atomic E-state index is 0.190. The minimum atomic E-state index is -0.819. The largest absolute Gasteiger partial charge is 0.494 e. The molecular formula is C30H29ClN2O6. The Balaban J connectivity index is 1.55. The summed E-state index contributed by atoms with van der Waals surface area (Å²) in [4.78, 5) is 39.4. The van der Waals surface area contributed by atoms with Gasteiger partial charge in [0.25, 0.3) is 11.8 Å². The van der Waals surface area contributed by atoms with Gasteiger partial charge >= 0.3 is 6.03 Å². The molecule has 0 atom stereocenters. The Hall–Kier alpha value is -4.30. The van der Waals surface area contributed by atoms with E-state index in [4.69, 9.17) is 25.8 Å². The summed E-state index contributed by atoms with van der Waals surface area (Å²) in [6.45, 7) is 5.10. The summed E-state index contributed by atoms with van der Waals surface area (Å²) < 4.78 is 17.3. The van der Waals surface area contributed by atoms with Crippen molar-refractivity contribution >= 4 is 41.2 Å². The van der Waals surface area contributed by atoms with Crippen LogP contribution in [0.25, 0.3) is 6.08 Å². The number of nitrogens with one attached hydrogen (secondary N) is 1. The Morgan fingerprint density at radius 3 is 2.38 bits per heavy atom. The molecule has 0 bridgehead atoms. The topological polar surface area (TPSA) is 94.2 Å². The Bertz CT molecular complexity index is 1390. The molecule has 0 spiro atoms. The molecule has 0 radical (unpaired) electrons. The molecule has 1 heterocycles. The van der Waals surface area contributed by atoms with Crippen LogP contribution in [-0.2, 0) is 16.2 Å². The van der Waals surface area contributed by atoms with Crippen molar-refractivity contribution in [2.75, 3.05) is 18.1 Å². The predicted molar refractivity (Wildman–Crippen MR) is 149 cm³/mol. The second-order valence-electron chi connectivity index (χ2n) is 8.67. The summed E-state index contributed by atoms with van der Waals surface area (Å²) in [6, 6.07) is 18.2. The zero-order valence-corrected chi connectivity index (χ0v) is 22.5. The molecule has 1 N–H and O–H groups in total. The normalized spacial score (nSPS) is 14.4. The first-order valence-electron chi connectivity index (χ1n) is 12.7. The van der Waals surface area contributed by atoms with E-state index < -0.39 is 17.8 Å². The molecule has 0 aliphatic carbocycles. The van der Waals surface area contributed by atoms with Crippen molar-refractivity contribution < 1.29 is 28.6 Å². The summed E-state index contributed by atoms with van der Waals surface area (Å²) >= 11 is 6.23. The fraction of sp³-hybridized carbons (Fsp3) is 0.233. The van der Waals surface area contributed by atoms with Crippen molar-refractivity contribution in [1.82, 2.24) is 5.32 Å². The number of ether oxygens (including phenoxy) is 3. The van der Waals surface area contributed by atoms with Crippen LogP contribution in [0.3, 0.4) is 0 Å². The fourth-order valence-electron chi connectivity index (χ4n) is 3.86. The van der Waals surface area contributed by atoms with Crippen LogP contribution >= 0.6 is 11.6 Å². The van der Waals surface area contributed by atoms with Gasteiger partial charge in [-0.15, -0.1) is 0 Å². The lowest BCUT2D eigenvalue weighted by Crippen LogP contribution is -2.54. The summed E-state index contributed by atoms with van der Waals surface area (Å²) in [5.41, 5.74) is 1.47. The maximum atomic E-state index is 13.3. The number of nitrogens with zero attached hydrogens (tertiary/aromatic N) is 1. The summed E-state index contributed by atoms with van der Waals surface area (Å²) in [5.74, 6) is 0.0351. The lowest BCUT2D eigenvalue weighted by molar-refractivity contribution is -0.122. The van der Waals surface area contributed by atoms with Crippen molar-refractivity contribution in [2.24, 2.45) is 0 Å². The van der Waals surface area contributed by atoms with Gasteiger partial charge in [0.05, 0.1) is 18.9 Å². The average Bonchev–Trinajstić information content (AvgIpc) is 2.92. The van der Waals surface area contributed by atoms with Gasteiger partial charge in [0.1, 0.15) is 17.9 Å². The zero-order valence-electron chi connectivity index (χ0n) is 21.7. The van der Waals surface area contributed by atoms with E-state index in [2.05, 4.69) is 12.2 Å². The summed E-state index contributed by atoms with van der Waals surface area (Å²) in [6.07, 6.45) is 3.35. The molecule has 0 saturated carbocycles. The van der Waals surface area contributed by atoms with Crippen molar-refractivity contribution in [3.05, 3.63) is 88.5 Å². The van der Waals surface area contributed by atoms with E-state index in [-0.39, 0.29) is 12.2 Å². The van der Waals surface area contributed by atoms with Gasteiger partial charge in [-0.1, -0.05) is 49.2 Å². The number of benzene rings is 3. The molecule has 0 unspecified atom stereocenters. The SMILES string of the molecule is CCCCOc1ccc(N2C(=O)NC(=O)/C(=C/c3ccc(OCc4ccccc4Cl)c(OCC)c3)C2=O)cc1. The highest BCUT2D eigenvalue weighted by Gasteiger charge is 2.36. The van der Waals surface area contributed by atoms with Crippen LogP contribution in [0.15, 0.2) is 72.3 Å². The van der Waals surface area contributed by atoms with E-state index in [0.717, 1.165) is 23.3 Å². The maximum absolute atomic E-state index is 13.3. The number of carbonyl (C=O) groups excluding carboxylic acids is 3. The van der Waals surface area contributed by atoms with Crippen LogP contribution in [0.1, 0.15) is 37.8 Å². The molecule has 3 aromatic rings. The van der Waals surface area contributed by atoms with E-state index >= 15 is 0 Å². The molecule has 9 heteroatoms. The Morgan fingerprint density at radius 1 is 0.897 bits per heavy atom. The molecule has 8 nitrogen and oxygen atoms in total. The number of halogens is 1. The monoisotopic (exact) mass is 548 g/mol. The third kappa shape index (κ3) is 6.78. The predicted octanol–water partition coefficient (Wildman–Crippen LogP) is 6.16. The zero-order chi connectivity index (χ0) is 27.8. The maximum Gasteiger partial charge on any atom is 0.335 e. The molecule has 39 heavy (non-hydrogen) atoms. The fourth-order valence-corrected chi connectivity index (χ4v) is 4.05. The third-order valence-electron chi connectivity index (χ3n) is 5.88. The van der Waals surface area contributed by atoms with E-state index in [1.54, 1.807) is 48.5 Å². The van der Waals surface area contributed by atoms with Gasteiger partial charge in [0.2, 0.25) is 0 Å². The van der Waals surface area contributed by atoms with E-state index in [0.29, 0.717) is 46.7 Å². The molecule has 1 aliphatic rings. The van der Waals surface area contributed by atoms with E-state index in [9.17, 15) is 14.4 Å². The van der Waals surface area contributed by atoms with E-state index in [1.165, 1.54) is 6.08 Å². The number of rotatable bonds is 11. The van der Waals surface area contributed by atoms with Crippen molar-refractivity contribution in [1.29, 1.82) is 0 Å². The number of anilines is 1. The van der Waals surface area contributed by atoms with Crippen LogP contribution in [0.2, 0.25) is 5.02 Å². The van der Waals surface area contributed by atoms with Gasteiger partial charge in [0, 0.05) is 10.6 Å². The quantitative estimate of drug-likeness (QED) is 0.175. The van der Waals surface area contributed by atoms with Gasteiger partial charge < -0.3 is 14.2 Å². The van der Waals surface area contributed by atoms with E-state index in [1.807, 2.05) is 25.1 Å². The Labute approximate surface area is 232 Å². The molecule has 202 valence electrons. The number of unbranched alkanes of at least 4 members (excludes halogenated alkanes) is 1. The number of hydrogen-bond donors (Lipinski definition) is 1. The van der Waals surface area contributed by atoms with Gasteiger partial charge in [0.15, 0.2) is 11.5 Å². The molecule has 3 aromatic carbocycles. The Morgan fingerprint density at radius 2 is 1.67 bits per heavy atom. The number of hydrogen-bond acceptors (Lipinski definition) is 6. The first kappa shape index (κ1) is 27.7. The first-order valence-corrected chi connectivity index (χ1v) is 13.1. The van der Waals surface area contributed by atoms with Crippen molar-refractivity contribution in [3.8, 4) is 17.2 Å². The molecule has 1 saturated heterocycles. The molecular weight excluding hydrogens is 520 g/mol. The smallest absolute Gasteiger partial charge is 0.335 e. The van der Waals surface area contributed by atoms with Crippen LogP contribution < -0.4 is 24.4 Å². The molecule has 1 aliphatic heterocycles. The molecule has 4 rings (SSSR count). The van der Waals surface area contributed by atoms with Gasteiger partial charge in [-0.3, -0.25) is 14.9 Å². The molecule has 4 amide bonds. The second kappa shape index (κ2) is 13.0. The second-order valence-corrected chi connectivity index (χ2v) is 9.08. The number of imide groups is 2. The Kier molecular flexibility index (Phi) is 9.22. The number of carbonyl (C=O) groups is 3. The third-order valence-corrected chi connectivity index (χ3v) is 6.25. The number of urea groups is 1. The lowest BCUT2D eigenvalue weighted by atomic mass is 10.1. The summed E-state index contributed by atoms with van der Waals surface area (Å²) in [7, 11) is 0. The van der Waals surface area contributed by atoms with Gasteiger partial charge in [-0.2, -0.15) is 0 Å².